The van der Waals surface area contributed by atoms with Crippen molar-refractivity contribution in [2.24, 2.45) is 12.8 Å². The summed E-state index contributed by atoms with van der Waals surface area (Å²) in [6.07, 6.45) is 0. The molecule has 3 N–H and O–H groups in total. The Balaban J connectivity index is 1.62. The second kappa shape index (κ2) is 10.4. The number of carbonyl (C=O) groups is 3. The molecule has 10 nitrogen and oxygen atoms in total. The molecule has 0 radical (unpaired) electrons. The predicted molar refractivity (Wildman–Crippen MR) is 120 cm³/mol. The summed E-state index contributed by atoms with van der Waals surface area (Å²) < 4.78 is 25.0. The smallest absolute Gasteiger partial charge is 0.341 e. The number of methoxy groups -OCH3 is 1. The lowest BCUT2D eigenvalue weighted by molar-refractivity contribution is -0.113. The van der Waals surface area contributed by atoms with E-state index in [0.29, 0.717) is 22.3 Å². The van der Waals surface area contributed by atoms with E-state index in [1.54, 1.807) is 18.5 Å². The van der Waals surface area contributed by atoms with E-state index in [2.05, 4.69) is 15.5 Å². The van der Waals surface area contributed by atoms with Crippen LogP contribution in [0.4, 0.5) is 9.39 Å². The lowest BCUT2D eigenvalue weighted by Gasteiger charge is -2.07. The number of rotatable bonds is 9. The van der Waals surface area contributed by atoms with Gasteiger partial charge in [0.2, 0.25) is 5.91 Å². The Labute approximate surface area is 196 Å². The molecular weight excluding hydrogens is 473 g/mol. The molecule has 3 aromatic rings. The number of carbonyl (C=O) groups excluding carboxylic acids is 3. The van der Waals surface area contributed by atoms with Gasteiger partial charge in [-0.1, -0.05) is 11.8 Å². The zero-order valence-corrected chi connectivity index (χ0v) is 19.5. The summed E-state index contributed by atoms with van der Waals surface area (Å²) in [5, 5.41) is 11.4. The zero-order chi connectivity index (χ0) is 24.1. The molecule has 0 spiro atoms. The first-order chi connectivity index (χ1) is 15.7. The van der Waals surface area contributed by atoms with Crippen LogP contribution in [0.5, 0.6) is 5.75 Å². The molecular formula is C20H20FN5O5S2. The minimum absolute atomic E-state index is 0.0335. The number of benzene rings is 1. The van der Waals surface area contributed by atoms with Crippen LogP contribution in [0.25, 0.3) is 0 Å². The van der Waals surface area contributed by atoms with Crippen LogP contribution in [0.2, 0.25) is 0 Å². The molecule has 174 valence electrons. The van der Waals surface area contributed by atoms with Gasteiger partial charge in [0, 0.05) is 7.05 Å². The lowest BCUT2D eigenvalue weighted by atomic mass is 10.1. The number of hydrogen-bond acceptors (Lipinski definition) is 9. The molecule has 0 atom stereocenters. The SMILES string of the molecule is COC(=O)c1c(NC(=O)CSc2nnc(COc3ccc(F)cc3)n2C)sc(C(N)=O)c1C. The maximum Gasteiger partial charge on any atom is 0.341 e. The van der Waals surface area contributed by atoms with E-state index in [9.17, 15) is 18.8 Å². The highest BCUT2D eigenvalue weighted by molar-refractivity contribution is 7.99. The third-order valence-electron chi connectivity index (χ3n) is 4.45. The van der Waals surface area contributed by atoms with Crippen molar-refractivity contribution < 1.29 is 28.2 Å². The van der Waals surface area contributed by atoms with Gasteiger partial charge in [0.15, 0.2) is 11.0 Å². The summed E-state index contributed by atoms with van der Waals surface area (Å²) in [4.78, 5) is 36.4. The molecule has 0 aliphatic carbocycles. The molecule has 0 aliphatic heterocycles. The van der Waals surface area contributed by atoms with E-state index in [-0.39, 0.29) is 33.6 Å². The standard InChI is InChI=1S/C20H20FN5O5S2/c1-10-15(19(29)30-3)18(33-16(10)17(22)28)23-14(27)9-32-20-25-24-13(26(20)2)8-31-12-6-4-11(21)5-7-12/h4-7H,8-9H2,1-3H3,(H2,22,28)(H,23,27). The molecule has 0 bridgehead atoms. The fraction of sp³-hybridized carbons (Fsp3) is 0.250. The number of ether oxygens (including phenoxy) is 2. The van der Waals surface area contributed by atoms with E-state index in [4.69, 9.17) is 15.2 Å². The third kappa shape index (κ3) is 5.68. The van der Waals surface area contributed by atoms with Gasteiger partial charge in [-0.25, -0.2) is 9.18 Å². The molecule has 2 aromatic heterocycles. The van der Waals surface area contributed by atoms with E-state index in [1.807, 2.05) is 0 Å². The summed E-state index contributed by atoms with van der Waals surface area (Å²) >= 11 is 2.04. The molecule has 3 rings (SSSR count). The minimum atomic E-state index is -0.702. The number of thiophene rings is 1. The Hall–Kier alpha value is -3.45. The van der Waals surface area contributed by atoms with Crippen molar-refractivity contribution in [2.45, 2.75) is 18.7 Å². The van der Waals surface area contributed by atoms with Crippen molar-refractivity contribution in [3.63, 3.8) is 0 Å². The van der Waals surface area contributed by atoms with Gasteiger partial charge in [-0.05, 0) is 36.8 Å². The van der Waals surface area contributed by atoms with Crippen molar-refractivity contribution in [3.8, 4) is 5.75 Å². The number of aromatic nitrogens is 3. The third-order valence-corrected chi connectivity index (χ3v) is 6.69. The van der Waals surface area contributed by atoms with Crippen molar-refractivity contribution in [3.05, 3.63) is 51.9 Å². The number of hydrogen-bond donors (Lipinski definition) is 2. The first-order valence-corrected chi connectivity index (χ1v) is 11.2. The van der Waals surface area contributed by atoms with Gasteiger partial charge in [-0.3, -0.25) is 9.59 Å². The van der Waals surface area contributed by atoms with Gasteiger partial charge in [0.1, 0.15) is 23.2 Å². The first kappa shape index (κ1) is 24.2. The topological polar surface area (TPSA) is 138 Å². The highest BCUT2D eigenvalue weighted by Gasteiger charge is 2.25. The lowest BCUT2D eigenvalue weighted by Crippen LogP contribution is -2.16. The van der Waals surface area contributed by atoms with Gasteiger partial charge in [0.25, 0.3) is 5.91 Å². The highest BCUT2D eigenvalue weighted by Crippen LogP contribution is 2.33. The number of nitrogens with two attached hydrogens (primary N) is 1. The van der Waals surface area contributed by atoms with Crippen LogP contribution >= 0.6 is 23.1 Å². The Morgan fingerprint density at radius 1 is 1.24 bits per heavy atom. The normalized spacial score (nSPS) is 10.7. The molecule has 13 heteroatoms. The van der Waals surface area contributed by atoms with E-state index in [1.165, 1.54) is 31.4 Å². The van der Waals surface area contributed by atoms with Crippen molar-refractivity contribution in [1.29, 1.82) is 0 Å². The maximum absolute atomic E-state index is 13.0. The highest BCUT2D eigenvalue weighted by atomic mass is 32.2. The number of anilines is 1. The van der Waals surface area contributed by atoms with Gasteiger partial charge >= 0.3 is 5.97 Å². The van der Waals surface area contributed by atoms with Crippen LogP contribution in [0.15, 0.2) is 29.4 Å². The van der Waals surface area contributed by atoms with E-state index < -0.39 is 17.8 Å². The number of amides is 2. The van der Waals surface area contributed by atoms with Crippen LogP contribution in [0, 0.1) is 12.7 Å². The summed E-state index contributed by atoms with van der Waals surface area (Å²) in [6, 6.07) is 5.59. The largest absolute Gasteiger partial charge is 0.486 e. The molecule has 2 heterocycles. The molecule has 33 heavy (non-hydrogen) atoms. The average Bonchev–Trinajstić information content (AvgIpc) is 3.30. The summed E-state index contributed by atoms with van der Waals surface area (Å²) in [6.45, 7) is 1.66. The zero-order valence-electron chi connectivity index (χ0n) is 17.9. The Bertz CT molecular complexity index is 1190. The molecule has 0 saturated heterocycles. The molecule has 0 aliphatic rings. The van der Waals surface area contributed by atoms with E-state index >= 15 is 0 Å². The predicted octanol–water partition coefficient (Wildman–Crippen LogP) is 2.52. The second-order valence-corrected chi connectivity index (χ2v) is 8.62. The Kier molecular flexibility index (Phi) is 7.66. The Morgan fingerprint density at radius 2 is 1.94 bits per heavy atom. The van der Waals surface area contributed by atoms with Gasteiger partial charge in [0.05, 0.1) is 23.3 Å². The fourth-order valence-corrected chi connectivity index (χ4v) is 4.55. The number of esters is 1. The van der Waals surface area contributed by atoms with Crippen LogP contribution in [-0.2, 0) is 23.2 Å². The quantitative estimate of drug-likeness (QED) is 0.343. The molecule has 0 saturated carbocycles. The van der Waals surface area contributed by atoms with Crippen LogP contribution < -0.4 is 15.8 Å². The number of primary amides is 1. The van der Waals surface area contributed by atoms with Gasteiger partial charge in [-0.2, -0.15) is 0 Å². The van der Waals surface area contributed by atoms with E-state index in [0.717, 1.165) is 23.1 Å². The van der Waals surface area contributed by atoms with Crippen molar-refractivity contribution in [2.75, 3.05) is 18.2 Å². The number of nitrogens with zero attached hydrogens (tertiary/aromatic N) is 3. The van der Waals surface area contributed by atoms with Gasteiger partial charge in [-0.15, -0.1) is 21.5 Å². The van der Waals surface area contributed by atoms with Crippen LogP contribution in [0.3, 0.4) is 0 Å². The monoisotopic (exact) mass is 493 g/mol. The minimum Gasteiger partial charge on any atom is -0.486 e. The number of thioether (sulfide) groups is 1. The molecule has 0 unspecified atom stereocenters. The van der Waals surface area contributed by atoms with Crippen molar-refractivity contribution in [1.82, 2.24) is 14.8 Å². The Morgan fingerprint density at radius 3 is 2.58 bits per heavy atom. The fourth-order valence-electron chi connectivity index (χ4n) is 2.75. The summed E-state index contributed by atoms with van der Waals surface area (Å²) in [7, 11) is 2.93. The van der Waals surface area contributed by atoms with Crippen LogP contribution in [-0.4, -0.2) is 45.4 Å². The average molecular weight is 494 g/mol. The maximum atomic E-state index is 13.0. The van der Waals surface area contributed by atoms with Crippen LogP contribution in [0.1, 0.15) is 31.4 Å². The second-order valence-electron chi connectivity index (χ2n) is 6.65. The molecule has 2 amide bonds. The van der Waals surface area contributed by atoms with Crippen molar-refractivity contribution >= 4 is 45.9 Å². The molecule has 1 aromatic carbocycles. The summed E-state index contributed by atoms with van der Waals surface area (Å²) in [5.41, 5.74) is 5.79. The summed E-state index contributed by atoms with van der Waals surface area (Å²) in [5.74, 6) is -1.21. The number of nitrogens with one attached hydrogen (secondary N) is 1. The first-order valence-electron chi connectivity index (χ1n) is 9.42. The van der Waals surface area contributed by atoms with Gasteiger partial charge < -0.3 is 25.1 Å². The number of halogens is 1. The molecule has 0 fully saturated rings.